The first-order valence-electron chi connectivity index (χ1n) is 11.9. The number of benzene rings is 2. The molecule has 0 saturated heterocycles. The van der Waals surface area contributed by atoms with Crippen LogP contribution in [0.4, 0.5) is 0 Å². The van der Waals surface area contributed by atoms with Crippen LogP contribution in [0.25, 0.3) is 22.2 Å². The second-order valence-electron chi connectivity index (χ2n) is 8.58. The molecule has 0 fully saturated rings. The topological polar surface area (TPSA) is 81.1 Å². The second-order valence-corrected chi connectivity index (χ2v) is 8.58. The predicted octanol–water partition coefficient (Wildman–Crippen LogP) is 4.95. The Hall–Kier alpha value is -4.17. The van der Waals surface area contributed by atoms with Gasteiger partial charge in [-0.2, -0.15) is 0 Å². The molecular formula is C28H32N6O2. The van der Waals surface area contributed by atoms with Crippen LogP contribution in [0.2, 0.25) is 0 Å². The third kappa shape index (κ3) is 6.93. The number of hydrogen-bond acceptors (Lipinski definition) is 6. The summed E-state index contributed by atoms with van der Waals surface area (Å²) in [5, 5.41) is 12.6. The number of pyridine rings is 1. The number of aryl methyl sites for hydroxylation is 1. The molecule has 5 aromatic rings. The molecule has 186 valence electrons. The maximum atomic E-state index is 5.73. The van der Waals surface area contributed by atoms with E-state index in [9.17, 15) is 0 Å². The lowest BCUT2D eigenvalue weighted by molar-refractivity contribution is 0.273. The molecule has 36 heavy (non-hydrogen) atoms. The zero-order valence-corrected chi connectivity index (χ0v) is 21.0. The molecule has 0 aliphatic rings. The summed E-state index contributed by atoms with van der Waals surface area (Å²) in [6.45, 7) is 2.23. The lowest BCUT2D eigenvalue weighted by atomic mass is 10.2. The van der Waals surface area contributed by atoms with E-state index in [1.54, 1.807) is 12.4 Å². The van der Waals surface area contributed by atoms with Gasteiger partial charge in [-0.15, -0.1) is 10.2 Å². The number of H-pyrrole nitrogens is 1. The molecule has 3 heterocycles. The second kappa shape index (κ2) is 12.5. The summed E-state index contributed by atoms with van der Waals surface area (Å²) in [5.41, 5.74) is 4.22. The van der Waals surface area contributed by atoms with Crippen LogP contribution in [0, 0.1) is 0 Å². The average molecular weight is 485 g/mol. The van der Waals surface area contributed by atoms with Gasteiger partial charge in [-0.25, -0.2) is 0 Å². The first-order chi connectivity index (χ1) is 17.6. The fourth-order valence-corrected chi connectivity index (χ4v) is 3.62. The number of para-hydroxylation sites is 1. The van der Waals surface area contributed by atoms with Crippen LogP contribution in [0.5, 0.6) is 11.8 Å². The highest BCUT2D eigenvalue weighted by atomic mass is 16.5. The number of fused-ring (bicyclic) bond motifs is 1. The lowest BCUT2D eigenvalue weighted by Crippen LogP contribution is -2.15. The molecule has 0 amide bonds. The van der Waals surface area contributed by atoms with Crippen molar-refractivity contribution in [3.63, 3.8) is 0 Å². The van der Waals surface area contributed by atoms with Gasteiger partial charge >= 0.3 is 0 Å². The van der Waals surface area contributed by atoms with Gasteiger partial charge < -0.3 is 14.4 Å². The molecule has 0 radical (unpaired) electrons. The van der Waals surface area contributed by atoms with Crippen molar-refractivity contribution in [3.8, 4) is 23.0 Å². The first-order valence-corrected chi connectivity index (χ1v) is 11.9. The van der Waals surface area contributed by atoms with Crippen molar-refractivity contribution >= 4 is 10.9 Å². The smallest absolute Gasteiger partial charge is 0.240 e. The number of aromatic nitrogens is 5. The summed E-state index contributed by atoms with van der Waals surface area (Å²) in [4.78, 5) is 6.12. The molecule has 3 aromatic heterocycles. The van der Waals surface area contributed by atoms with Crippen LogP contribution in [0.1, 0.15) is 12.0 Å². The van der Waals surface area contributed by atoms with E-state index >= 15 is 0 Å². The molecule has 0 saturated carbocycles. The van der Waals surface area contributed by atoms with E-state index in [2.05, 4.69) is 45.3 Å². The molecule has 0 spiro atoms. The Morgan fingerprint density at radius 3 is 2.44 bits per heavy atom. The molecule has 1 N–H and O–H groups in total. The van der Waals surface area contributed by atoms with Gasteiger partial charge in [-0.1, -0.05) is 42.5 Å². The van der Waals surface area contributed by atoms with Crippen molar-refractivity contribution < 1.29 is 9.47 Å². The third-order valence-electron chi connectivity index (χ3n) is 5.49. The number of nitrogens with one attached hydrogen (secondary N) is 1. The van der Waals surface area contributed by atoms with Gasteiger partial charge in [0.05, 0.1) is 23.2 Å². The molecule has 8 nitrogen and oxygen atoms in total. The number of ether oxygens (including phenoxy) is 2. The highest BCUT2D eigenvalue weighted by molar-refractivity contribution is 5.84. The largest absolute Gasteiger partial charge is 0.476 e. The van der Waals surface area contributed by atoms with Crippen LogP contribution in [0.15, 0.2) is 85.2 Å². The Morgan fingerprint density at radius 2 is 1.67 bits per heavy atom. The Balaban J connectivity index is 0.000000170. The Bertz CT molecular complexity index is 1330. The number of hydrogen-bond donors (Lipinski definition) is 1. The van der Waals surface area contributed by atoms with Gasteiger partial charge in [-0.05, 0) is 55.9 Å². The van der Waals surface area contributed by atoms with Gasteiger partial charge in [0.15, 0.2) is 0 Å². The van der Waals surface area contributed by atoms with Gasteiger partial charge in [0.2, 0.25) is 11.8 Å². The van der Waals surface area contributed by atoms with E-state index < -0.39 is 0 Å². The standard InChI is InChI=1S/C15H13N3O.C13H19N3O/c1-2-4-13(5-3-1)14-10-15(18-17-14)19-11-12-6-8-16-9-7-12;1-15(2)9-6-10-17-13-11-7-4-5-8-12(11)16(3)14-13/h1-10H,11H2,(H,17,18);4-5,7-8H,6,9-10H2,1-3H3. The summed E-state index contributed by atoms with van der Waals surface area (Å²) in [6.07, 6.45) is 4.51. The minimum Gasteiger partial charge on any atom is -0.476 e. The monoisotopic (exact) mass is 484 g/mol. The highest BCUT2D eigenvalue weighted by Gasteiger charge is 2.08. The molecular weight excluding hydrogens is 452 g/mol. The summed E-state index contributed by atoms with van der Waals surface area (Å²) in [5.74, 6) is 1.33. The van der Waals surface area contributed by atoms with E-state index in [1.807, 2.05) is 78.5 Å². The molecule has 0 aliphatic carbocycles. The summed E-state index contributed by atoms with van der Waals surface area (Å²) in [7, 11) is 6.07. The minimum absolute atomic E-state index is 0.488. The molecule has 8 heteroatoms. The van der Waals surface area contributed by atoms with E-state index in [-0.39, 0.29) is 0 Å². The van der Waals surface area contributed by atoms with Crippen molar-refractivity contribution in [1.29, 1.82) is 0 Å². The molecule has 0 atom stereocenters. The third-order valence-corrected chi connectivity index (χ3v) is 5.49. The minimum atomic E-state index is 0.488. The summed E-state index contributed by atoms with van der Waals surface area (Å²) in [6, 6.07) is 23.9. The van der Waals surface area contributed by atoms with Crippen molar-refractivity contribution in [2.24, 2.45) is 7.05 Å². The Labute approximate surface area is 211 Å². The van der Waals surface area contributed by atoms with Crippen LogP contribution in [-0.2, 0) is 13.7 Å². The SMILES string of the molecule is CN(C)CCCOc1nn(C)c2ccccc12.c1ccc(-c2cc(OCc3ccncc3)n[nH]2)cc1. The zero-order valence-electron chi connectivity index (χ0n) is 21.0. The van der Waals surface area contributed by atoms with Gasteiger partial charge in [-0.3, -0.25) is 14.8 Å². The van der Waals surface area contributed by atoms with E-state index in [4.69, 9.17) is 9.47 Å². The van der Waals surface area contributed by atoms with Crippen LogP contribution in [-0.4, -0.2) is 57.1 Å². The molecule has 5 rings (SSSR count). The quantitative estimate of drug-likeness (QED) is 0.298. The fourth-order valence-electron chi connectivity index (χ4n) is 3.62. The van der Waals surface area contributed by atoms with E-state index in [0.29, 0.717) is 19.1 Å². The summed E-state index contributed by atoms with van der Waals surface area (Å²) < 4.78 is 13.2. The van der Waals surface area contributed by atoms with Crippen molar-refractivity contribution in [2.45, 2.75) is 13.0 Å². The Morgan fingerprint density at radius 1 is 0.917 bits per heavy atom. The van der Waals surface area contributed by atoms with E-state index in [0.717, 1.165) is 46.6 Å². The first kappa shape index (κ1) is 24.9. The maximum absolute atomic E-state index is 5.73. The van der Waals surface area contributed by atoms with Gasteiger partial charge in [0.25, 0.3) is 0 Å². The maximum Gasteiger partial charge on any atom is 0.240 e. The number of aromatic amines is 1. The fraction of sp³-hybridized carbons (Fsp3) is 0.250. The molecule has 0 unspecified atom stereocenters. The highest BCUT2D eigenvalue weighted by Crippen LogP contribution is 2.24. The van der Waals surface area contributed by atoms with Crippen molar-refractivity contribution in [3.05, 3.63) is 90.8 Å². The van der Waals surface area contributed by atoms with Crippen LogP contribution < -0.4 is 9.47 Å². The van der Waals surface area contributed by atoms with Crippen molar-refractivity contribution in [2.75, 3.05) is 27.2 Å². The number of nitrogens with zero attached hydrogens (tertiary/aromatic N) is 5. The Kier molecular flexibility index (Phi) is 8.67. The zero-order chi connectivity index (χ0) is 25.2. The number of rotatable bonds is 9. The van der Waals surface area contributed by atoms with Crippen LogP contribution >= 0.6 is 0 Å². The van der Waals surface area contributed by atoms with Crippen LogP contribution in [0.3, 0.4) is 0 Å². The normalized spacial score (nSPS) is 10.8. The molecule has 0 bridgehead atoms. The van der Waals surface area contributed by atoms with Gasteiger partial charge in [0.1, 0.15) is 6.61 Å². The average Bonchev–Trinajstić information content (AvgIpc) is 3.52. The summed E-state index contributed by atoms with van der Waals surface area (Å²) >= 11 is 0. The lowest BCUT2D eigenvalue weighted by Gasteiger charge is -2.09. The molecule has 0 aliphatic heterocycles. The van der Waals surface area contributed by atoms with E-state index in [1.165, 1.54) is 0 Å². The van der Waals surface area contributed by atoms with Crippen molar-refractivity contribution in [1.82, 2.24) is 29.9 Å². The van der Waals surface area contributed by atoms with Gasteiger partial charge in [0, 0.05) is 32.1 Å². The molecule has 2 aromatic carbocycles. The predicted molar refractivity (Wildman–Crippen MR) is 142 cm³/mol.